The molecule has 0 radical (unpaired) electrons. The van der Waals surface area contributed by atoms with Crippen LogP contribution in [0.5, 0.6) is 0 Å². The van der Waals surface area contributed by atoms with Crippen molar-refractivity contribution in [2.75, 3.05) is 31.6 Å². The van der Waals surface area contributed by atoms with Crippen molar-refractivity contribution >= 4 is 22.9 Å². The van der Waals surface area contributed by atoms with Gasteiger partial charge < -0.3 is 20.1 Å². The van der Waals surface area contributed by atoms with E-state index in [1.807, 2.05) is 13.0 Å². The molecule has 12 heteroatoms. The number of hydrogen-bond donors (Lipinski definition) is 2. The van der Waals surface area contributed by atoms with E-state index in [-0.39, 0.29) is 37.1 Å². The number of anilines is 1. The smallest absolute Gasteiger partial charge is 0.407 e. The Balaban J connectivity index is 1.48. The summed E-state index contributed by atoms with van der Waals surface area (Å²) in [6.45, 7) is 6.93. The lowest BCUT2D eigenvalue weighted by Crippen LogP contribution is -2.41. The van der Waals surface area contributed by atoms with Crippen LogP contribution in [0.3, 0.4) is 0 Å². The predicted molar refractivity (Wildman–Crippen MR) is 170 cm³/mol. The fourth-order valence-corrected chi connectivity index (χ4v) is 6.54. The van der Waals surface area contributed by atoms with Crippen molar-refractivity contribution in [1.29, 1.82) is 5.26 Å². The molecule has 2 aromatic heterocycles. The maximum atomic E-state index is 15.7. The third kappa shape index (κ3) is 6.60. The number of hydrogen-bond acceptors (Lipinski definition) is 7. The summed E-state index contributed by atoms with van der Waals surface area (Å²) in [5.41, 5.74) is 0.0529. The number of rotatable bonds is 11. The molecule has 3 aromatic rings. The molecular formula is C34H40F2N6O4. The number of likely N-dealkylation sites (tertiary alicyclic amines) is 1. The molecule has 0 spiro atoms. The van der Waals surface area contributed by atoms with Crippen LogP contribution >= 0.6 is 0 Å². The van der Waals surface area contributed by atoms with Gasteiger partial charge in [0.15, 0.2) is 0 Å². The second-order valence-electron chi connectivity index (χ2n) is 12.2. The largest absolute Gasteiger partial charge is 0.465 e. The molecule has 0 saturated carbocycles. The van der Waals surface area contributed by atoms with E-state index in [1.165, 1.54) is 23.4 Å². The molecule has 5 rings (SSSR count). The van der Waals surface area contributed by atoms with Crippen molar-refractivity contribution in [2.24, 2.45) is 5.92 Å². The van der Waals surface area contributed by atoms with Crippen LogP contribution in [-0.2, 0) is 22.6 Å². The molecule has 1 aromatic carbocycles. The molecule has 2 fully saturated rings. The normalized spacial score (nSPS) is 17.7. The van der Waals surface area contributed by atoms with E-state index >= 15 is 8.78 Å². The highest BCUT2D eigenvalue weighted by atomic mass is 19.3. The van der Waals surface area contributed by atoms with Crippen LogP contribution in [0.15, 0.2) is 54.1 Å². The van der Waals surface area contributed by atoms with Crippen molar-refractivity contribution in [2.45, 2.75) is 75.8 Å². The van der Waals surface area contributed by atoms with Gasteiger partial charge in [0.05, 0.1) is 16.9 Å². The zero-order valence-corrected chi connectivity index (χ0v) is 26.1. The Morgan fingerprint density at radius 2 is 2.00 bits per heavy atom. The molecule has 2 N–H and O–H groups in total. The fourth-order valence-electron chi connectivity index (χ4n) is 6.54. The minimum absolute atomic E-state index is 0.0788. The van der Waals surface area contributed by atoms with Gasteiger partial charge in [-0.15, -0.1) is 6.58 Å². The molecular weight excluding hydrogens is 594 g/mol. The highest BCUT2D eigenvalue weighted by Crippen LogP contribution is 2.42. The number of ether oxygens (including phenoxy) is 1. The minimum Gasteiger partial charge on any atom is -0.465 e. The Morgan fingerprint density at radius 1 is 1.26 bits per heavy atom. The first kappa shape index (κ1) is 33.0. The Kier molecular flexibility index (Phi) is 10.0. The molecule has 4 heterocycles. The van der Waals surface area contributed by atoms with E-state index in [0.29, 0.717) is 67.0 Å². The molecule has 244 valence electrons. The standard InChI is InChI=1S/C34H40F2N6O4/c1-3-4-5-6-14-42-30-27(20-28(31(42)43)33(21-37)12-17-46-18-13-33)29(38-22-39-30)40-23(2)24-8-7-9-26(19-24)34(35,36)25-10-15-41(16-11-25)32(44)45/h3,7-9,19-20,22-23,25H,1,4-6,10-18H2,2H3,(H,44,45)(H,38,39,40). The molecule has 2 aliphatic heterocycles. The summed E-state index contributed by atoms with van der Waals surface area (Å²) < 4.78 is 38.5. The summed E-state index contributed by atoms with van der Waals surface area (Å²) in [6, 6.07) is 9.94. The van der Waals surface area contributed by atoms with E-state index in [0.717, 1.165) is 12.8 Å². The van der Waals surface area contributed by atoms with Crippen molar-refractivity contribution in [3.8, 4) is 6.07 Å². The monoisotopic (exact) mass is 634 g/mol. The number of aryl methyl sites for hydroxylation is 1. The number of fused-ring (bicyclic) bond motifs is 1. The van der Waals surface area contributed by atoms with Gasteiger partial charge in [0.2, 0.25) is 0 Å². The number of nitriles is 1. The number of piperidine rings is 1. The van der Waals surface area contributed by atoms with Crippen molar-refractivity contribution < 1.29 is 23.4 Å². The lowest BCUT2D eigenvalue weighted by atomic mass is 9.75. The summed E-state index contributed by atoms with van der Waals surface area (Å²) in [4.78, 5) is 35.3. The number of benzene rings is 1. The summed E-state index contributed by atoms with van der Waals surface area (Å²) in [6.07, 6.45) is 5.43. The Labute approximate surface area is 266 Å². The number of unbranched alkanes of at least 4 members (excludes halogenated alkanes) is 2. The number of halogens is 2. The number of carbonyl (C=O) groups is 1. The number of aromatic nitrogens is 3. The SMILES string of the molecule is C=CCCCCn1c(=O)c(C2(C#N)CCOCC2)cc2c(NC(C)c3cccc(C(F)(F)C4CCN(C(=O)O)CC4)c3)ncnc21. The topological polar surface area (TPSA) is 133 Å². The van der Waals surface area contributed by atoms with E-state index in [2.05, 4.69) is 27.9 Å². The first-order chi connectivity index (χ1) is 22.1. The van der Waals surface area contributed by atoms with E-state index < -0.39 is 29.4 Å². The Bertz CT molecular complexity index is 1670. The number of alkyl halides is 2. The van der Waals surface area contributed by atoms with Crippen LogP contribution in [0, 0.1) is 17.2 Å². The molecule has 1 unspecified atom stereocenters. The highest BCUT2D eigenvalue weighted by molar-refractivity contribution is 5.87. The highest BCUT2D eigenvalue weighted by Gasteiger charge is 2.43. The van der Waals surface area contributed by atoms with Crippen LogP contribution in [0.4, 0.5) is 19.4 Å². The fraction of sp³-hybridized carbons (Fsp3) is 0.500. The summed E-state index contributed by atoms with van der Waals surface area (Å²) in [7, 11) is 0. The van der Waals surface area contributed by atoms with Gasteiger partial charge in [-0.05, 0) is 69.6 Å². The summed E-state index contributed by atoms with van der Waals surface area (Å²) in [5, 5.41) is 23.4. The van der Waals surface area contributed by atoms with Crippen molar-refractivity contribution in [3.63, 3.8) is 0 Å². The van der Waals surface area contributed by atoms with Crippen LogP contribution in [-0.4, -0.2) is 56.9 Å². The number of allylic oxidation sites excluding steroid dienone is 1. The number of nitrogens with one attached hydrogen (secondary N) is 1. The third-order valence-corrected chi connectivity index (χ3v) is 9.40. The molecule has 1 amide bonds. The van der Waals surface area contributed by atoms with Crippen LogP contribution in [0.2, 0.25) is 0 Å². The van der Waals surface area contributed by atoms with E-state index in [4.69, 9.17) is 4.74 Å². The number of nitrogens with zero attached hydrogens (tertiary/aromatic N) is 5. The number of pyridine rings is 1. The third-order valence-electron chi connectivity index (χ3n) is 9.40. The Hall–Kier alpha value is -4.37. The molecule has 1 atom stereocenters. The molecule has 10 nitrogen and oxygen atoms in total. The van der Waals surface area contributed by atoms with Gasteiger partial charge in [0.25, 0.3) is 11.5 Å². The molecule has 0 bridgehead atoms. The van der Waals surface area contributed by atoms with Crippen molar-refractivity contribution in [1.82, 2.24) is 19.4 Å². The molecule has 46 heavy (non-hydrogen) atoms. The van der Waals surface area contributed by atoms with Gasteiger partial charge in [-0.1, -0.05) is 24.3 Å². The van der Waals surface area contributed by atoms with E-state index in [9.17, 15) is 20.0 Å². The Morgan fingerprint density at radius 3 is 2.67 bits per heavy atom. The van der Waals surface area contributed by atoms with Gasteiger partial charge in [0.1, 0.15) is 17.8 Å². The molecule has 2 aliphatic rings. The molecule has 2 saturated heterocycles. The van der Waals surface area contributed by atoms with Crippen LogP contribution in [0.25, 0.3) is 11.0 Å². The summed E-state index contributed by atoms with van der Waals surface area (Å²) >= 11 is 0. The maximum absolute atomic E-state index is 15.7. The van der Waals surface area contributed by atoms with Gasteiger partial charge >= 0.3 is 6.09 Å². The lowest BCUT2D eigenvalue weighted by molar-refractivity contribution is -0.0836. The van der Waals surface area contributed by atoms with Gasteiger partial charge in [-0.25, -0.2) is 23.5 Å². The number of amides is 1. The second-order valence-corrected chi connectivity index (χ2v) is 12.2. The number of carboxylic acid groups (broad SMARTS) is 1. The second kappa shape index (κ2) is 14.0. The first-order valence-electron chi connectivity index (χ1n) is 15.8. The maximum Gasteiger partial charge on any atom is 0.407 e. The van der Waals surface area contributed by atoms with Crippen molar-refractivity contribution in [3.05, 3.63) is 76.4 Å². The molecule has 0 aliphatic carbocycles. The first-order valence-corrected chi connectivity index (χ1v) is 15.8. The summed E-state index contributed by atoms with van der Waals surface area (Å²) in [5.74, 6) is -3.67. The van der Waals surface area contributed by atoms with Crippen LogP contribution < -0.4 is 10.9 Å². The van der Waals surface area contributed by atoms with Crippen LogP contribution in [0.1, 0.15) is 74.6 Å². The van der Waals surface area contributed by atoms with Gasteiger partial charge in [0, 0.05) is 55.9 Å². The minimum atomic E-state index is -3.13. The average Bonchev–Trinajstić information content (AvgIpc) is 3.07. The quantitative estimate of drug-likeness (QED) is 0.184. The predicted octanol–water partition coefficient (Wildman–Crippen LogP) is 6.37. The van der Waals surface area contributed by atoms with Gasteiger partial charge in [-0.3, -0.25) is 9.36 Å². The van der Waals surface area contributed by atoms with E-state index in [1.54, 1.807) is 22.8 Å². The zero-order valence-electron chi connectivity index (χ0n) is 26.1. The zero-order chi connectivity index (χ0) is 32.9. The lowest BCUT2D eigenvalue weighted by Gasteiger charge is -2.35. The van der Waals surface area contributed by atoms with Gasteiger partial charge in [-0.2, -0.15) is 5.26 Å². The average molecular weight is 635 g/mol.